The van der Waals surface area contributed by atoms with Crippen LogP contribution in [0.4, 0.5) is 5.69 Å². The second kappa shape index (κ2) is 7.06. The fraction of sp³-hybridized carbons (Fsp3) is 0.632. The molecule has 1 aliphatic heterocycles. The molecule has 0 aromatic carbocycles. The lowest BCUT2D eigenvalue weighted by molar-refractivity contribution is -0.131. The summed E-state index contributed by atoms with van der Waals surface area (Å²) in [6, 6.07) is 0. The van der Waals surface area contributed by atoms with Crippen molar-refractivity contribution in [3.05, 3.63) is 21.4 Å². The number of aryl methyl sites for hydroxylation is 2. The number of aliphatic carboxylic acids is 1. The van der Waals surface area contributed by atoms with Crippen LogP contribution in [0.25, 0.3) is 0 Å². The van der Waals surface area contributed by atoms with E-state index in [9.17, 15) is 14.7 Å². The molecule has 1 N–H and O–H groups in total. The molecule has 2 fully saturated rings. The molecular weight excluding hydrogens is 384 g/mol. The van der Waals surface area contributed by atoms with Gasteiger partial charge in [-0.05, 0) is 60.9 Å². The number of hydrogen-bond donors (Lipinski definition) is 1. The molecule has 0 amide bonds. The zero-order chi connectivity index (χ0) is 18.2. The Kier molecular flexibility index (Phi) is 5.19. The number of carboxylic acids is 1. The number of Topliss-reactive ketones (excluding diaryl/α,β-unsaturated/α-hetero) is 1. The van der Waals surface area contributed by atoms with Crippen molar-refractivity contribution in [2.45, 2.75) is 58.8 Å². The van der Waals surface area contributed by atoms with Gasteiger partial charge in [-0.15, -0.1) is 0 Å². The molecule has 1 spiro atoms. The number of nitrogens with zero attached hydrogens (tertiary/aromatic N) is 2. The predicted molar refractivity (Wildman–Crippen MR) is 100 cm³/mol. The van der Waals surface area contributed by atoms with E-state index in [-0.39, 0.29) is 5.56 Å². The van der Waals surface area contributed by atoms with Crippen LogP contribution in [0.1, 0.15) is 66.7 Å². The number of carbonyl (C=O) groups is 2. The quantitative estimate of drug-likeness (QED) is 0.596. The lowest BCUT2D eigenvalue weighted by atomic mass is 9.68. The maximum absolute atomic E-state index is 12.3. The Morgan fingerprint density at radius 2 is 1.64 bits per heavy atom. The molecule has 136 valence electrons. The number of anilines is 1. The third-order valence-corrected chi connectivity index (χ3v) is 6.88. The topological polar surface area (TPSA) is 70.5 Å². The van der Waals surface area contributed by atoms with E-state index in [1.807, 2.05) is 6.92 Å². The molecule has 0 unspecified atom stereocenters. The number of hydrogen-bond acceptors (Lipinski definition) is 4. The Morgan fingerprint density at radius 1 is 1.04 bits per heavy atom. The average Bonchev–Trinajstić information content (AvgIpc) is 2.59. The van der Waals surface area contributed by atoms with Gasteiger partial charge in [0.05, 0.1) is 27.1 Å². The van der Waals surface area contributed by atoms with Crippen molar-refractivity contribution in [3.63, 3.8) is 0 Å². The Balaban J connectivity index is 1.94. The molecule has 1 saturated carbocycles. The lowest BCUT2D eigenvalue weighted by Crippen LogP contribution is -2.42. The van der Waals surface area contributed by atoms with Crippen molar-refractivity contribution in [3.8, 4) is 0 Å². The first-order valence-electron chi connectivity index (χ1n) is 9.04. The molecule has 1 saturated heterocycles. The highest BCUT2D eigenvalue weighted by Gasteiger charge is 2.37. The molecule has 2 aliphatic rings. The molecule has 6 heteroatoms. The third-order valence-electron chi connectivity index (χ3n) is 5.94. The van der Waals surface area contributed by atoms with Gasteiger partial charge in [-0.25, -0.2) is 4.79 Å². The van der Waals surface area contributed by atoms with Crippen LogP contribution in [0.15, 0.2) is 4.47 Å². The minimum Gasteiger partial charge on any atom is -0.475 e. The highest BCUT2D eigenvalue weighted by Crippen LogP contribution is 2.46. The van der Waals surface area contributed by atoms with E-state index >= 15 is 0 Å². The van der Waals surface area contributed by atoms with Gasteiger partial charge in [-0.1, -0.05) is 19.3 Å². The third kappa shape index (κ3) is 3.46. The molecule has 1 aromatic rings. The van der Waals surface area contributed by atoms with Gasteiger partial charge in [-0.2, -0.15) is 0 Å². The van der Waals surface area contributed by atoms with Crippen molar-refractivity contribution < 1.29 is 14.7 Å². The maximum Gasteiger partial charge on any atom is 0.377 e. The van der Waals surface area contributed by atoms with E-state index in [0.29, 0.717) is 16.8 Å². The summed E-state index contributed by atoms with van der Waals surface area (Å²) in [5, 5.41) is 9.23. The van der Waals surface area contributed by atoms with Crippen LogP contribution >= 0.6 is 15.9 Å². The smallest absolute Gasteiger partial charge is 0.377 e. The summed E-state index contributed by atoms with van der Waals surface area (Å²) in [6.45, 7) is 5.32. The zero-order valence-corrected chi connectivity index (χ0v) is 16.5. The van der Waals surface area contributed by atoms with Crippen molar-refractivity contribution in [2.75, 3.05) is 18.0 Å². The van der Waals surface area contributed by atoms with Gasteiger partial charge in [-0.3, -0.25) is 9.78 Å². The van der Waals surface area contributed by atoms with Crippen LogP contribution in [-0.2, 0) is 4.79 Å². The standard InChI is InChI=1S/C19H25BrN2O3/c1-12-14(17(23)18(24)25)16(15(20)13(2)21-12)22-10-8-19(9-11-22)6-4-3-5-7-19/h3-11H2,1-2H3,(H,24,25). The number of carbonyl (C=O) groups excluding carboxylic acids is 1. The summed E-state index contributed by atoms with van der Waals surface area (Å²) in [5.41, 5.74) is 2.66. The zero-order valence-electron chi connectivity index (χ0n) is 14.9. The number of aromatic nitrogens is 1. The largest absolute Gasteiger partial charge is 0.475 e. The fourth-order valence-corrected chi connectivity index (χ4v) is 5.03. The van der Waals surface area contributed by atoms with Crippen LogP contribution in [-0.4, -0.2) is 34.9 Å². The van der Waals surface area contributed by atoms with Gasteiger partial charge < -0.3 is 10.0 Å². The van der Waals surface area contributed by atoms with Crippen LogP contribution in [0.3, 0.4) is 0 Å². The molecule has 1 aliphatic carbocycles. The highest BCUT2D eigenvalue weighted by molar-refractivity contribution is 9.10. The minimum atomic E-state index is -1.43. The number of halogens is 1. The van der Waals surface area contributed by atoms with E-state index < -0.39 is 11.8 Å². The van der Waals surface area contributed by atoms with Gasteiger partial charge in [0.15, 0.2) is 0 Å². The number of pyridine rings is 1. The molecule has 2 heterocycles. The Hall–Kier alpha value is -1.43. The summed E-state index contributed by atoms with van der Waals surface area (Å²) < 4.78 is 0.738. The molecule has 25 heavy (non-hydrogen) atoms. The molecule has 0 atom stereocenters. The van der Waals surface area contributed by atoms with Gasteiger partial charge in [0.2, 0.25) is 0 Å². The first-order valence-corrected chi connectivity index (χ1v) is 9.83. The summed E-state index contributed by atoms with van der Waals surface area (Å²) in [7, 11) is 0. The second-order valence-corrected chi connectivity index (χ2v) is 8.30. The normalized spacial score (nSPS) is 19.9. The molecule has 0 bridgehead atoms. The minimum absolute atomic E-state index is 0.226. The van der Waals surface area contributed by atoms with E-state index in [0.717, 1.165) is 36.1 Å². The summed E-state index contributed by atoms with van der Waals surface area (Å²) in [5.74, 6) is -2.30. The number of ketones is 1. The van der Waals surface area contributed by atoms with E-state index in [1.165, 1.54) is 32.1 Å². The van der Waals surface area contributed by atoms with Crippen molar-refractivity contribution in [2.24, 2.45) is 5.41 Å². The first-order chi connectivity index (χ1) is 11.8. The molecule has 1 aromatic heterocycles. The van der Waals surface area contributed by atoms with Gasteiger partial charge >= 0.3 is 5.97 Å². The van der Waals surface area contributed by atoms with Gasteiger partial charge in [0.25, 0.3) is 5.78 Å². The molecule has 5 nitrogen and oxygen atoms in total. The van der Waals surface area contributed by atoms with E-state index in [1.54, 1.807) is 6.92 Å². The SMILES string of the molecule is Cc1nc(C)c(C(=O)C(=O)O)c(N2CCC3(CCCCC3)CC2)c1Br. The second-order valence-electron chi connectivity index (χ2n) is 7.50. The number of piperidine rings is 1. The van der Waals surface area contributed by atoms with Gasteiger partial charge in [0.1, 0.15) is 0 Å². The van der Waals surface area contributed by atoms with Crippen molar-refractivity contribution in [1.82, 2.24) is 4.98 Å². The molecule has 0 radical (unpaired) electrons. The van der Waals surface area contributed by atoms with E-state index in [2.05, 4.69) is 25.8 Å². The first kappa shape index (κ1) is 18.4. The van der Waals surface area contributed by atoms with Crippen LogP contribution in [0.5, 0.6) is 0 Å². The summed E-state index contributed by atoms with van der Waals surface area (Å²) in [6.07, 6.45) is 8.81. The molecule has 3 rings (SSSR count). The fourth-order valence-electron chi connectivity index (χ4n) is 4.49. The number of carboxylic acid groups (broad SMARTS) is 1. The van der Waals surface area contributed by atoms with Crippen LogP contribution in [0, 0.1) is 19.3 Å². The molecular formula is C19H25BrN2O3. The Morgan fingerprint density at radius 3 is 2.20 bits per heavy atom. The van der Waals surface area contributed by atoms with Crippen molar-refractivity contribution >= 4 is 33.4 Å². The maximum atomic E-state index is 12.3. The Labute approximate surface area is 156 Å². The van der Waals surface area contributed by atoms with Crippen LogP contribution < -0.4 is 4.90 Å². The van der Waals surface area contributed by atoms with Gasteiger partial charge in [0, 0.05) is 13.1 Å². The summed E-state index contributed by atoms with van der Waals surface area (Å²) >= 11 is 3.56. The monoisotopic (exact) mass is 408 g/mol. The van der Waals surface area contributed by atoms with E-state index in [4.69, 9.17) is 0 Å². The number of rotatable bonds is 3. The summed E-state index contributed by atoms with van der Waals surface area (Å²) in [4.78, 5) is 30.2. The average molecular weight is 409 g/mol. The Bertz CT molecular complexity index is 701. The lowest BCUT2D eigenvalue weighted by Gasteiger charge is -2.45. The van der Waals surface area contributed by atoms with Crippen molar-refractivity contribution in [1.29, 1.82) is 0 Å². The van der Waals surface area contributed by atoms with Crippen LogP contribution in [0.2, 0.25) is 0 Å². The highest BCUT2D eigenvalue weighted by atomic mass is 79.9. The predicted octanol–water partition coefficient (Wildman–Crippen LogP) is 4.28.